The highest BCUT2D eigenvalue weighted by atomic mass is 35.5. The molecule has 2 nitrogen and oxygen atoms in total. The lowest BCUT2D eigenvalue weighted by Gasteiger charge is -2.47. The van der Waals surface area contributed by atoms with Crippen LogP contribution in [-0.2, 0) is 6.54 Å². The molecule has 1 saturated heterocycles. The van der Waals surface area contributed by atoms with Gasteiger partial charge in [0.1, 0.15) is 0 Å². The van der Waals surface area contributed by atoms with Crippen molar-refractivity contribution in [1.82, 2.24) is 10.2 Å². The molecule has 0 radical (unpaired) electrons. The molecule has 2 atom stereocenters. The summed E-state index contributed by atoms with van der Waals surface area (Å²) in [7, 11) is 0. The number of rotatable bonds is 4. The molecule has 1 aliphatic heterocycles. The molecule has 0 amide bonds. The zero-order chi connectivity index (χ0) is 15.6. The third kappa shape index (κ3) is 4.35. The van der Waals surface area contributed by atoms with Crippen LogP contribution in [0, 0.1) is 5.92 Å². The number of hydrogen-bond acceptors (Lipinski definition) is 2. The molecule has 1 aliphatic rings. The zero-order valence-corrected chi connectivity index (χ0v) is 14.9. The SMILES string of the molecule is CCC(C)C1CNC(C)(C)CN1Cc1ccc(Cl)cc1Cl. The summed E-state index contributed by atoms with van der Waals surface area (Å²) >= 11 is 12.4. The molecule has 4 heteroatoms. The second-order valence-corrected chi connectivity index (χ2v) is 7.70. The normalized spacial score (nSPS) is 24.0. The molecule has 118 valence electrons. The average Bonchev–Trinajstić information content (AvgIpc) is 2.40. The number of hydrogen-bond donors (Lipinski definition) is 1. The van der Waals surface area contributed by atoms with Crippen molar-refractivity contribution in [1.29, 1.82) is 0 Å². The van der Waals surface area contributed by atoms with Crippen molar-refractivity contribution in [2.45, 2.75) is 52.2 Å². The van der Waals surface area contributed by atoms with Gasteiger partial charge >= 0.3 is 0 Å². The van der Waals surface area contributed by atoms with Gasteiger partial charge in [0.15, 0.2) is 0 Å². The van der Waals surface area contributed by atoms with Gasteiger partial charge in [0.25, 0.3) is 0 Å². The predicted molar refractivity (Wildman–Crippen MR) is 92.2 cm³/mol. The van der Waals surface area contributed by atoms with Crippen LogP contribution in [0.2, 0.25) is 10.0 Å². The maximum Gasteiger partial charge on any atom is 0.0465 e. The van der Waals surface area contributed by atoms with Crippen molar-refractivity contribution in [3.05, 3.63) is 33.8 Å². The fourth-order valence-electron chi connectivity index (χ4n) is 3.07. The van der Waals surface area contributed by atoms with Crippen molar-refractivity contribution in [2.75, 3.05) is 13.1 Å². The van der Waals surface area contributed by atoms with Gasteiger partial charge in [-0.3, -0.25) is 4.90 Å². The van der Waals surface area contributed by atoms with Crippen LogP contribution in [0.1, 0.15) is 39.7 Å². The first kappa shape index (κ1) is 17.1. The first-order valence-electron chi connectivity index (χ1n) is 7.75. The van der Waals surface area contributed by atoms with Gasteiger partial charge in [-0.15, -0.1) is 0 Å². The minimum atomic E-state index is 0.142. The molecule has 0 aromatic heterocycles. The van der Waals surface area contributed by atoms with E-state index in [0.29, 0.717) is 17.0 Å². The Labute approximate surface area is 138 Å². The van der Waals surface area contributed by atoms with Gasteiger partial charge in [0.05, 0.1) is 0 Å². The van der Waals surface area contributed by atoms with E-state index in [0.717, 1.165) is 30.2 Å². The average molecular weight is 329 g/mol. The van der Waals surface area contributed by atoms with Crippen LogP contribution in [-0.4, -0.2) is 29.6 Å². The molecule has 1 aromatic rings. The van der Waals surface area contributed by atoms with Crippen molar-refractivity contribution < 1.29 is 0 Å². The quantitative estimate of drug-likeness (QED) is 0.869. The van der Waals surface area contributed by atoms with E-state index in [4.69, 9.17) is 23.2 Å². The molecule has 1 fully saturated rings. The summed E-state index contributed by atoms with van der Waals surface area (Å²) in [5, 5.41) is 5.13. The molecule has 0 aliphatic carbocycles. The van der Waals surface area contributed by atoms with E-state index in [2.05, 4.69) is 37.9 Å². The lowest BCUT2D eigenvalue weighted by Crippen LogP contribution is -2.62. The van der Waals surface area contributed by atoms with E-state index in [9.17, 15) is 0 Å². The smallest absolute Gasteiger partial charge is 0.0465 e. The molecule has 21 heavy (non-hydrogen) atoms. The summed E-state index contributed by atoms with van der Waals surface area (Å²) in [6.45, 7) is 12.1. The summed E-state index contributed by atoms with van der Waals surface area (Å²) in [5.41, 5.74) is 1.30. The molecule has 2 rings (SSSR count). The lowest BCUT2D eigenvalue weighted by atomic mass is 9.90. The van der Waals surface area contributed by atoms with E-state index < -0.39 is 0 Å². The van der Waals surface area contributed by atoms with E-state index in [1.165, 1.54) is 6.42 Å². The number of nitrogens with zero attached hydrogens (tertiary/aromatic N) is 1. The van der Waals surface area contributed by atoms with Crippen LogP contribution in [0.4, 0.5) is 0 Å². The molecule has 0 saturated carbocycles. The molecule has 1 N–H and O–H groups in total. The summed E-state index contributed by atoms with van der Waals surface area (Å²) < 4.78 is 0. The van der Waals surface area contributed by atoms with E-state index in [1.807, 2.05) is 18.2 Å². The second kappa shape index (κ2) is 6.87. The summed E-state index contributed by atoms with van der Waals surface area (Å²) in [6.07, 6.45) is 1.19. The monoisotopic (exact) mass is 328 g/mol. The highest BCUT2D eigenvalue weighted by Gasteiger charge is 2.34. The minimum Gasteiger partial charge on any atom is -0.309 e. The largest absolute Gasteiger partial charge is 0.309 e. The lowest BCUT2D eigenvalue weighted by molar-refractivity contribution is 0.0571. The number of piperazine rings is 1. The van der Waals surface area contributed by atoms with Gasteiger partial charge in [0, 0.05) is 41.3 Å². The fourth-order valence-corrected chi connectivity index (χ4v) is 3.53. The second-order valence-electron chi connectivity index (χ2n) is 6.86. The Morgan fingerprint density at radius 2 is 2.10 bits per heavy atom. The highest BCUT2D eigenvalue weighted by molar-refractivity contribution is 6.35. The molecule has 1 heterocycles. The minimum absolute atomic E-state index is 0.142. The van der Waals surface area contributed by atoms with Crippen LogP contribution in [0.15, 0.2) is 18.2 Å². The van der Waals surface area contributed by atoms with Crippen molar-refractivity contribution in [2.24, 2.45) is 5.92 Å². The van der Waals surface area contributed by atoms with Crippen LogP contribution >= 0.6 is 23.2 Å². The maximum atomic E-state index is 6.35. The van der Waals surface area contributed by atoms with Gasteiger partial charge in [0.2, 0.25) is 0 Å². The topological polar surface area (TPSA) is 15.3 Å². The fraction of sp³-hybridized carbons (Fsp3) is 0.647. The standard InChI is InChI=1S/C17H26Cl2N2/c1-5-12(2)16-9-20-17(3,4)11-21(16)10-13-6-7-14(18)8-15(13)19/h6-8,12,16,20H,5,9-11H2,1-4H3. The Bertz CT molecular complexity index is 488. The van der Waals surface area contributed by atoms with Crippen LogP contribution in [0.5, 0.6) is 0 Å². The van der Waals surface area contributed by atoms with Crippen LogP contribution in [0.25, 0.3) is 0 Å². The Kier molecular flexibility index (Phi) is 5.59. The van der Waals surface area contributed by atoms with Crippen LogP contribution < -0.4 is 5.32 Å². The molecule has 0 bridgehead atoms. The van der Waals surface area contributed by atoms with Crippen LogP contribution in [0.3, 0.4) is 0 Å². The highest BCUT2D eigenvalue weighted by Crippen LogP contribution is 2.27. The summed E-state index contributed by atoms with van der Waals surface area (Å²) in [6, 6.07) is 6.36. The number of benzene rings is 1. The Hall–Kier alpha value is -0.280. The molecule has 1 aromatic carbocycles. The first-order chi connectivity index (χ1) is 9.82. The summed E-state index contributed by atoms with van der Waals surface area (Å²) in [4.78, 5) is 2.57. The van der Waals surface area contributed by atoms with Crippen molar-refractivity contribution in [3.8, 4) is 0 Å². The molecule has 2 unspecified atom stereocenters. The Balaban J connectivity index is 2.19. The van der Waals surface area contributed by atoms with Gasteiger partial charge in [-0.1, -0.05) is 49.5 Å². The van der Waals surface area contributed by atoms with Gasteiger partial charge in [-0.05, 0) is 37.5 Å². The van der Waals surface area contributed by atoms with E-state index in [-0.39, 0.29) is 5.54 Å². The number of halogens is 2. The van der Waals surface area contributed by atoms with E-state index >= 15 is 0 Å². The molecular weight excluding hydrogens is 303 g/mol. The number of nitrogens with one attached hydrogen (secondary N) is 1. The maximum absolute atomic E-state index is 6.35. The van der Waals surface area contributed by atoms with Crippen molar-refractivity contribution >= 4 is 23.2 Å². The Morgan fingerprint density at radius 3 is 2.71 bits per heavy atom. The summed E-state index contributed by atoms with van der Waals surface area (Å²) in [5.74, 6) is 0.666. The van der Waals surface area contributed by atoms with Gasteiger partial charge in [-0.2, -0.15) is 0 Å². The third-order valence-electron chi connectivity index (χ3n) is 4.55. The zero-order valence-electron chi connectivity index (χ0n) is 13.4. The molecular formula is C17H26Cl2N2. The predicted octanol–water partition coefficient (Wildman–Crippen LogP) is 4.59. The molecule has 0 spiro atoms. The van der Waals surface area contributed by atoms with E-state index in [1.54, 1.807) is 0 Å². The first-order valence-corrected chi connectivity index (χ1v) is 8.51. The van der Waals surface area contributed by atoms with Gasteiger partial charge < -0.3 is 5.32 Å². The third-order valence-corrected chi connectivity index (χ3v) is 5.13. The van der Waals surface area contributed by atoms with Gasteiger partial charge in [-0.25, -0.2) is 0 Å². The van der Waals surface area contributed by atoms with Crippen molar-refractivity contribution in [3.63, 3.8) is 0 Å². The Morgan fingerprint density at radius 1 is 1.38 bits per heavy atom.